The third kappa shape index (κ3) is 2.99. The van der Waals surface area contributed by atoms with Crippen LogP contribution in [0.4, 0.5) is 0 Å². The van der Waals surface area contributed by atoms with Crippen LogP contribution in [0.5, 0.6) is 0 Å². The maximum absolute atomic E-state index is 11.9. The Hall–Kier alpha value is -2.10. The molecular weight excluding hydrogens is 268 g/mol. The Morgan fingerprint density at radius 2 is 1.71 bits per heavy atom. The molecule has 1 aromatic rings. The number of ether oxygens (including phenoxy) is 2. The highest BCUT2D eigenvalue weighted by molar-refractivity contribution is 6.14. The van der Waals surface area contributed by atoms with E-state index in [0.717, 1.165) is 24.8 Å². The highest BCUT2D eigenvalue weighted by Gasteiger charge is 2.29. The Morgan fingerprint density at radius 3 is 2.33 bits per heavy atom. The van der Waals surface area contributed by atoms with Crippen LogP contribution in [0.15, 0.2) is 35.4 Å². The van der Waals surface area contributed by atoms with Crippen molar-refractivity contribution in [1.29, 1.82) is 0 Å². The molecule has 0 heterocycles. The molecule has 0 radical (unpaired) electrons. The van der Waals surface area contributed by atoms with Gasteiger partial charge in [-0.15, -0.1) is 0 Å². The van der Waals surface area contributed by atoms with Crippen molar-refractivity contribution in [3.8, 4) is 0 Å². The second-order valence-electron chi connectivity index (χ2n) is 5.18. The zero-order valence-electron chi connectivity index (χ0n) is 12.6. The normalized spacial score (nSPS) is 16.6. The number of allylic oxidation sites excluding steroid dienone is 1. The molecule has 0 saturated heterocycles. The van der Waals surface area contributed by atoms with Gasteiger partial charge < -0.3 is 9.47 Å². The molecule has 0 spiro atoms. The third-order valence-corrected chi connectivity index (χ3v) is 4.07. The van der Waals surface area contributed by atoms with Gasteiger partial charge in [-0.1, -0.05) is 24.3 Å². The zero-order chi connectivity index (χ0) is 15.4. The number of benzene rings is 1. The fourth-order valence-electron chi connectivity index (χ4n) is 2.99. The molecule has 0 saturated carbocycles. The van der Waals surface area contributed by atoms with Crippen LogP contribution in [0.1, 0.15) is 36.8 Å². The molecule has 4 nitrogen and oxygen atoms in total. The maximum Gasteiger partial charge on any atom is 0.345 e. The largest absolute Gasteiger partial charge is 0.465 e. The van der Waals surface area contributed by atoms with Crippen LogP contribution in [-0.4, -0.2) is 26.2 Å². The van der Waals surface area contributed by atoms with Crippen LogP contribution in [0, 0.1) is 0 Å². The number of methoxy groups -OCH3 is 2. The topological polar surface area (TPSA) is 52.6 Å². The van der Waals surface area contributed by atoms with Crippen LogP contribution >= 0.6 is 0 Å². The second kappa shape index (κ2) is 6.57. The molecule has 1 atom stereocenters. The Kier molecular flexibility index (Phi) is 4.78. The predicted molar refractivity (Wildman–Crippen MR) is 78.9 cm³/mol. The summed E-state index contributed by atoms with van der Waals surface area (Å²) in [7, 11) is 2.54. The maximum atomic E-state index is 11.9. The van der Waals surface area contributed by atoms with Crippen LogP contribution in [0.3, 0.4) is 0 Å². The van der Waals surface area contributed by atoms with Gasteiger partial charge in [0.15, 0.2) is 0 Å². The molecule has 21 heavy (non-hydrogen) atoms. The van der Waals surface area contributed by atoms with E-state index in [2.05, 4.69) is 12.1 Å². The summed E-state index contributed by atoms with van der Waals surface area (Å²) in [5.74, 6) is -1.21. The molecule has 112 valence electrons. The molecule has 1 aliphatic carbocycles. The summed E-state index contributed by atoms with van der Waals surface area (Å²) in [6.07, 6.45) is 2.99. The van der Waals surface area contributed by atoms with E-state index in [-0.39, 0.29) is 11.5 Å². The van der Waals surface area contributed by atoms with E-state index in [1.54, 1.807) is 0 Å². The van der Waals surface area contributed by atoms with Crippen molar-refractivity contribution in [2.24, 2.45) is 0 Å². The summed E-state index contributed by atoms with van der Waals surface area (Å²) in [6.45, 7) is 1.82. The van der Waals surface area contributed by atoms with E-state index in [9.17, 15) is 9.59 Å². The minimum atomic E-state index is -0.637. The molecule has 0 bridgehead atoms. The monoisotopic (exact) mass is 288 g/mol. The molecule has 1 aromatic carbocycles. The Bertz CT molecular complexity index is 568. The molecular formula is C17H20O4. The number of carbonyl (C=O) groups excluding carboxylic acids is 2. The molecule has 0 aliphatic heterocycles. The van der Waals surface area contributed by atoms with Gasteiger partial charge in [-0.25, -0.2) is 9.59 Å². The first-order chi connectivity index (χ1) is 10.1. The van der Waals surface area contributed by atoms with E-state index < -0.39 is 11.9 Å². The first kappa shape index (κ1) is 15.3. The predicted octanol–water partition coefficient (Wildman–Crippen LogP) is 2.77. The number of esters is 2. The fourth-order valence-corrected chi connectivity index (χ4v) is 2.99. The van der Waals surface area contributed by atoms with Gasteiger partial charge in [0, 0.05) is 5.92 Å². The van der Waals surface area contributed by atoms with Gasteiger partial charge in [-0.2, -0.15) is 0 Å². The summed E-state index contributed by atoms with van der Waals surface area (Å²) >= 11 is 0. The van der Waals surface area contributed by atoms with Crippen molar-refractivity contribution in [3.05, 3.63) is 46.5 Å². The summed E-state index contributed by atoms with van der Waals surface area (Å²) in [5, 5.41) is 0. The molecule has 1 aliphatic rings. The molecule has 2 rings (SSSR count). The van der Waals surface area contributed by atoms with Crippen molar-refractivity contribution in [1.82, 2.24) is 0 Å². The van der Waals surface area contributed by atoms with E-state index in [4.69, 9.17) is 9.47 Å². The van der Waals surface area contributed by atoms with Crippen LogP contribution in [0.2, 0.25) is 0 Å². The Balaban J connectivity index is 2.50. The van der Waals surface area contributed by atoms with Gasteiger partial charge in [0.25, 0.3) is 0 Å². The first-order valence-electron chi connectivity index (χ1n) is 7.05. The van der Waals surface area contributed by atoms with E-state index >= 15 is 0 Å². The van der Waals surface area contributed by atoms with Crippen molar-refractivity contribution >= 4 is 11.9 Å². The summed E-state index contributed by atoms with van der Waals surface area (Å²) in [6, 6.07) is 8.17. The molecule has 0 N–H and O–H groups in total. The van der Waals surface area contributed by atoms with Crippen molar-refractivity contribution in [2.45, 2.75) is 32.1 Å². The smallest absolute Gasteiger partial charge is 0.345 e. The number of fused-ring (bicyclic) bond motifs is 1. The summed E-state index contributed by atoms with van der Waals surface area (Å²) in [4.78, 5) is 23.9. The van der Waals surface area contributed by atoms with Crippen LogP contribution in [-0.2, 0) is 25.5 Å². The van der Waals surface area contributed by atoms with E-state index in [0.29, 0.717) is 0 Å². The quantitative estimate of drug-likeness (QED) is 0.371. The van der Waals surface area contributed by atoms with E-state index in [1.807, 2.05) is 19.1 Å². The minimum absolute atomic E-state index is 0.0155. The van der Waals surface area contributed by atoms with Crippen molar-refractivity contribution in [2.75, 3.05) is 14.2 Å². The number of hydrogen-bond acceptors (Lipinski definition) is 4. The van der Waals surface area contributed by atoms with E-state index in [1.165, 1.54) is 25.3 Å². The number of hydrogen-bond donors (Lipinski definition) is 0. The molecule has 4 heteroatoms. The SMILES string of the molecule is COC(=O)C(C(=O)OC)=C(C)C1CCCc2ccccc21. The number of rotatable bonds is 3. The second-order valence-corrected chi connectivity index (χ2v) is 5.18. The zero-order valence-corrected chi connectivity index (χ0v) is 12.6. The van der Waals surface area contributed by atoms with Gasteiger partial charge in [-0.3, -0.25) is 0 Å². The standard InChI is InChI=1S/C17H20O4/c1-11(15(16(18)20-2)17(19)21-3)13-10-6-8-12-7-4-5-9-14(12)13/h4-5,7,9,13H,6,8,10H2,1-3H3. The van der Waals surface area contributed by atoms with Gasteiger partial charge >= 0.3 is 11.9 Å². The molecule has 0 amide bonds. The third-order valence-electron chi connectivity index (χ3n) is 4.07. The Morgan fingerprint density at radius 1 is 1.10 bits per heavy atom. The van der Waals surface area contributed by atoms with Gasteiger partial charge in [0.05, 0.1) is 14.2 Å². The average Bonchev–Trinajstić information content (AvgIpc) is 2.53. The van der Waals surface area contributed by atoms with Crippen molar-refractivity contribution < 1.29 is 19.1 Å². The average molecular weight is 288 g/mol. The van der Waals surface area contributed by atoms with Crippen molar-refractivity contribution in [3.63, 3.8) is 0 Å². The lowest BCUT2D eigenvalue weighted by Crippen LogP contribution is -2.21. The highest BCUT2D eigenvalue weighted by atomic mass is 16.5. The fraction of sp³-hybridized carbons (Fsp3) is 0.412. The molecule has 0 fully saturated rings. The lowest BCUT2D eigenvalue weighted by atomic mass is 9.78. The molecule has 0 aromatic heterocycles. The van der Waals surface area contributed by atoms with Crippen LogP contribution < -0.4 is 0 Å². The lowest BCUT2D eigenvalue weighted by Gasteiger charge is -2.27. The number of carbonyl (C=O) groups is 2. The van der Waals surface area contributed by atoms with Gasteiger partial charge in [-0.05, 0) is 42.9 Å². The number of aryl methyl sites for hydroxylation is 1. The van der Waals surface area contributed by atoms with Gasteiger partial charge in [0.1, 0.15) is 5.57 Å². The minimum Gasteiger partial charge on any atom is -0.465 e. The van der Waals surface area contributed by atoms with Gasteiger partial charge in [0.2, 0.25) is 0 Å². The first-order valence-corrected chi connectivity index (χ1v) is 7.05. The highest BCUT2D eigenvalue weighted by Crippen LogP contribution is 2.38. The Labute approximate surface area is 124 Å². The lowest BCUT2D eigenvalue weighted by molar-refractivity contribution is -0.144. The summed E-state index contributed by atoms with van der Waals surface area (Å²) < 4.78 is 9.48. The summed E-state index contributed by atoms with van der Waals surface area (Å²) in [5.41, 5.74) is 3.20. The molecule has 1 unspecified atom stereocenters. The van der Waals surface area contributed by atoms with Crippen LogP contribution in [0.25, 0.3) is 0 Å².